The Hall–Kier alpha value is -2.42. The van der Waals surface area contributed by atoms with Crippen molar-refractivity contribution in [2.24, 2.45) is 7.05 Å². The Morgan fingerprint density at radius 1 is 1.11 bits per heavy atom. The zero-order valence-electron chi connectivity index (χ0n) is 10.7. The van der Waals surface area contributed by atoms with Gasteiger partial charge < -0.3 is 14.4 Å². The van der Waals surface area contributed by atoms with Crippen LogP contribution in [0.5, 0.6) is 11.5 Å². The largest absolute Gasteiger partial charge is 0.508 e. The Balaban J connectivity index is 1.89. The minimum atomic E-state index is 0.282. The average Bonchev–Trinajstić information content (AvgIpc) is 2.74. The second-order valence-corrected chi connectivity index (χ2v) is 4.57. The van der Waals surface area contributed by atoms with Gasteiger partial charge in [-0.25, -0.2) is 0 Å². The van der Waals surface area contributed by atoms with E-state index in [1.807, 2.05) is 54.2 Å². The number of hydrogen-bond donors (Lipinski definition) is 1. The van der Waals surface area contributed by atoms with Crippen LogP contribution >= 0.6 is 0 Å². The highest BCUT2D eigenvalue weighted by Gasteiger charge is 2.07. The average molecular weight is 253 g/mol. The molecule has 0 amide bonds. The van der Waals surface area contributed by atoms with Gasteiger partial charge in [0.1, 0.15) is 18.1 Å². The molecule has 3 nitrogen and oxygen atoms in total. The summed E-state index contributed by atoms with van der Waals surface area (Å²) in [5.74, 6) is 1.14. The summed E-state index contributed by atoms with van der Waals surface area (Å²) >= 11 is 0. The first-order chi connectivity index (χ1) is 9.24. The number of aromatic hydroxyl groups is 1. The molecule has 0 saturated carbocycles. The van der Waals surface area contributed by atoms with E-state index in [0.717, 1.165) is 22.2 Å². The Morgan fingerprint density at radius 2 is 1.89 bits per heavy atom. The number of phenolic OH excluding ortho intramolecular Hbond substituents is 1. The number of fused-ring (bicyclic) bond motifs is 1. The number of nitrogens with zero attached hydrogens (tertiary/aromatic N) is 1. The van der Waals surface area contributed by atoms with Crippen molar-refractivity contribution < 1.29 is 9.84 Å². The van der Waals surface area contributed by atoms with E-state index in [2.05, 4.69) is 0 Å². The Bertz CT molecular complexity index is 701. The van der Waals surface area contributed by atoms with Gasteiger partial charge in [0, 0.05) is 30.3 Å². The summed E-state index contributed by atoms with van der Waals surface area (Å²) in [5, 5.41) is 10.6. The summed E-state index contributed by atoms with van der Waals surface area (Å²) in [7, 11) is 1.97. The van der Waals surface area contributed by atoms with Gasteiger partial charge in [0.05, 0.1) is 5.52 Å². The topological polar surface area (TPSA) is 34.4 Å². The molecule has 0 saturated heterocycles. The van der Waals surface area contributed by atoms with Crippen LogP contribution in [0.4, 0.5) is 0 Å². The summed E-state index contributed by atoms with van der Waals surface area (Å²) < 4.78 is 7.77. The molecule has 0 radical (unpaired) electrons. The molecule has 1 N–H and O–H groups in total. The minimum Gasteiger partial charge on any atom is -0.508 e. The maximum absolute atomic E-state index is 9.53. The number of rotatable bonds is 3. The zero-order valence-corrected chi connectivity index (χ0v) is 10.7. The quantitative estimate of drug-likeness (QED) is 0.775. The van der Waals surface area contributed by atoms with Crippen LogP contribution in [-0.2, 0) is 13.7 Å². The first-order valence-electron chi connectivity index (χ1n) is 6.19. The second-order valence-electron chi connectivity index (χ2n) is 4.57. The van der Waals surface area contributed by atoms with Gasteiger partial charge >= 0.3 is 0 Å². The molecule has 1 heterocycles. The molecule has 3 heteroatoms. The minimum absolute atomic E-state index is 0.282. The van der Waals surface area contributed by atoms with Crippen LogP contribution in [0.3, 0.4) is 0 Å². The van der Waals surface area contributed by atoms with Gasteiger partial charge in [-0.1, -0.05) is 18.2 Å². The normalized spacial score (nSPS) is 10.8. The third kappa shape index (κ3) is 2.27. The van der Waals surface area contributed by atoms with E-state index < -0.39 is 0 Å². The van der Waals surface area contributed by atoms with E-state index in [0.29, 0.717) is 6.61 Å². The van der Waals surface area contributed by atoms with E-state index in [1.165, 1.54) is 0 Å². The van der Waals surface area contributed by atoms with Crippen molar-refractivity contribution in [3.63, 3.8) is 0 Å². The van der Waals surface area contributed by atoms with Crippen molar-refractivity contribution in [2.45, 2.75) is 6.61 Å². The summed E-state index contributed by atoms with van der Waals surface area (Å²) in [4.78, 5) is 0. The van der Waals surface area contributed by atoms with Crippen LogP contribution in [0, 0.1) is 0 Å². The van der Waals surface area contributed by atoms with Gasteiger partial charge in [0.15, 0.2) is 0 Å². The molecule has 0 aliphatic rings. The van der Waals surface area contributed by atoms with Crippen LogP contribution in [0.15, 0.2) is 54.7 Å². The maximum Gasteiger partial charge on any atom is 0.119 e. The summed E-state index contributed by atoms with van der Waals surface area (Å²) in [6.07, 6.45) is 2.03. The van der Waals surface area contributed by atoms with E-state index in [9.17, 15) is 5.11 Å². The number of phenols is 1. The molecule has 0 atom stereocenters. The van der Waals surface area contributed by atoms with Gasteiger partial charge in [-0.2, -0.15) is 0 Å². The Kier molecular flexibility index (Phi) is 2.88. The van der Waals surface area contributed by atoms with Crippen LogP contribution in [0.1, 0.15) is 5.56 Å². The van der Waals surface area contributed by atoms with Crippen LogP contribution in [0.25, 0.3) is 10.9 Å². The van der Waals surface area contributed by atoms with Crippen molar-refractivity contribution in [1.29, 1.82) is 0 Å². The molecular formula is C16H15NO2. The molecule has 0 fully saturated rings. The molecular weight excluding hydrogens is 238 g/mol. The highest BCUT2D eigenvalue weighted by atomic mass is 16.5. The Morgan fingerprint density at radius 3 is 2.68 bits per heavy atom. The van der Waals surface area contributed by atoms with E-state index in [1.54, 1.807) is 12.1 Å². The molecule has 0 aliphatic heterocycles. The van der Waals surface area contributed by atoms with E-state index in [4.69, 9.17) is 4.74 Å². The molecule has 0 spiro atoms. The van der Waals surface area contributed by atoms with Crippen molar-refractivity contribution >= 4 is 10.9 Å². The standard InChI is InChI=1S/C16H15NO2/c1-17-10-12(11-19-14-5-3-2-4-6-14)15-8-7-13(18)9-16(15)17/h2-10,18H,11H2,1H3. The summed E-state index contributed by atoms with van der Waals surface area (Å²) in [6, 6.07) is 15.2. The zero-order chi connectivity index (χ0) is 13.2. The number of hydrogen-bond acceptors (Lipinski definition) is 2. The lowest BCUT2D eigenvalue weighted by atomic mass is 10.2. The van der Waals surface area contributed by atoms with Crippen LogP contribution in [0.2, 0.25) is 0 Å². The number of para-hydroxylation sites is 1. The molecule has 0 aliphatic carbocycles. The highest BCUT2D eigenvalue weighted by Crippen LogP contribution is 2.25. The molecule has 0 bridgehead atoms. The van der Waals surface area contributed by atoms with Crippen molar-refractivity contribution in [2.75, 3.05) is 0 Å². The number of benzene rings is 2. The first-order valence-corrected chi connectivity index (χ1v) is 6.19. The smallest absolute Gasteiger partial charge is 0.119 e. The van der Waals surface area contributed by atoms with Crippen molar-refractivity contribution in [1.82, 2.24) is 4.57 Å². The predicted octanol–water partition coefficient (Wildman–Crippen LogP) is 3.46. The van der Waals surface area contributed by atoms with Gasteiger partial charge in [-0.05, 0) is 24.3 Å². The highest BCUT2D eigenvalue weighted by molar-refractivity contribution is 5.85. The molecule has 19 heavy (non-hydrogen) atoms. The fraction of sp³-hybridized carbons (Fsp3) is 0.125. The van der Waals surface area contributed by atoms with Crippen LogP contribution in [-0.4, -0.2) is 9.67 Å². The second kappa shape index (κ2) is 4.69. The van der Waals surface area contributed by atoms with Gasteiger partial charge in [-0.15, -0.1) is 0 Å². The third-order valence-electron chi connectivity index (χ3n) is 3.19. The van der Waals surface area contributed by atoms with Crippen LogP contribution < -0.4 is 4.74 Å². The summed E-state index contributed by atoms with van der Waals surface area (Å²) in [6.45, 7) is 0.520. The molecule has 3 rings (SSSR count). The number of ether oxygens (including phenoxy) is 1. The lowest BCUT2D eigenvalue weighted by Crippen LogP contribution is -1.94. The number of aryl methyl sites for hydroxylation is 1. The third-order valence-corrected chi connectivity index (χ3v) is 3.19. The van der Waals surface area contributed by atoms with E-state index >= 15 is 0 Å². The molecule has 96 valence electrons. The van der Waals surface area contributed by atoms with Gasteiger partial charge in [0.25, 0.3) is 0 Å². The molecule has 0 unspecified atom stereocenters. The predicted molar refractivity (Wildman–Crippen MR) is 75.4 cm³/mol. The Labute approximate surface area is 111 Å². The number of aromatic nitrogens is 1. The molecule has 2 aromatic carbocycles. The van der Waals surface area contributed by atoms with Crippen molar-refractivity contribution in [3.8, 4) is 11.5 Å². The summed E-state index contributed by atoms with van der Waals surface area (Å²) in [5.41, 5.74) is 2.12. The van der Waals surface area contributed by atoms with Gasteiger partial charge in [-0.3, -0.25) is 0 Å². The first kappa shape index (κ1) is 11.7. The SMILES string of the molecule is Cn1cc(COc2ccccc2)c2ccc(O)cc21. The monoisotopic (exact) mass is 253 g/mol. The van der Waals surface area contributed by atoms with E-state index in [-0.39, 0.29) is 5.75 Å². The fourth-order valence-corrected chi connectivity index (χ4v) is 2.25. The van der Waals surface area contributed by atoms with Gasteiger partial charge in [0.2, 0.25) is 0 Å². The lowest BCUT2D eigenvalue weighted by Gasteiger charge is -2.04. The molecule has 1 aromatic heterocycles. The fourth-order valence-electron chi connectivity index (χ4n) is 2.25. The van der Waals surface area contributed by atoms with Crippen molar-refractivity contribution in [3.05, 3.63) is 60.3 Å². The lowest BCUT2D eigenvalue weighted by molar-refractivity contribution is 0.307. The molecule has 3 aromatic rings. The maximum atomic E-state index is 9.53.